The summed E-state index contributed by atoms with van der Waals surface area (Å²) in [4.78, 5) is 16.2. The van der Waals surface area contributed by atoms with E-state index in [2.05, 4.69) is 42.5 Å². The van der Waals surface area contributed by atoms with Crippen LogP contribution in [0.3, 0.4) is 0 Å². The first-order chi connectivity index (χ1) is 19.6. The molecule has 0 spiro atoms. The molecule has 4 nitrogen and oxygen atoms in total. The summed E-state index contributed by atoms with van der Waals surface area (Å²) in [6.07, 6.45) is 8.02. The fraction of sp³-hybridized carbons (Fsp3) is 0.314. The SMILES string of the molecule is CC(C)(O)c1ccccc1CC[C@@H](SCC1(CC(=O)O)CC1)c1cccc(/C=C/c2ccc3ccc(Cl)cc3n2)c1.[LiH]. The van der Waals surface area contributed by atoms with Gasteiger partial charge in [-0.05, 0) is 91.5 Å². The van der Waals surface area contributed by atoms with Crippen LogP contribution in [0.5, 0.6) is 0 Å². The van der Waals surface area contributed by atoms with Crippen LogP contribution in [0.4, 0.5) is 0 Å². The van der Waals surface area contributed by atoms with Gasteiger partial charge in [-0.2, -0.15) is 11.8 Å². The topological polar surface area (TPSA) is 70.4 Å². The average Bonchev–Trinajstić information content (AvgIpc) is 3.70. The molecule has 0 saturated heterocycles. The molecule has 4 aromatic rings. The Hall–Kier alpha value is -2.52. The third kappa shape index (κ3) is 8.53. The minimum atomic E-state index is -0.911. The van der Waals surface area contributed by atoms with Crippen molar-refractivity contribution in [3.63, 3.8) is 0 Å². The Morgan fingerprint density at radius 1 is 1.05 bits per heavy atom. The second-order valence-electron chi connectivity index (χ2n) is 11.7. The Balaban J connectivity index is 0.00000405. The number of aryl methyl sites for hydroxylation is 1. The number of aromatic nitrogens is 1. The molecular weight excluding hydrogens is 557 g/mol. The minimum absolute atomic E-state index is 0. The van der Waals surface area contributed by atoms with Crippen molar-refractivity contribution in [3.8, 4) is 0 Å². The number of fused-ring (bicyclic) bond motifs is 1. The van der Waals surface area contributed by atoms with Gasteiger partial charge in [0.1, 0.15) is 0 Å². The second-order valence-corrected chi connectivity index (χ2v) is 13.3. The molecule has 0 amide bonds. The van der Waals surface area contributed by atoms with Crippen LogP contribution in [0.1, 0.15) is 72.7 Å². The van der Waals surface area contributed by atoms with Gasteiger partial charge in [-0.3, -0.25) is 4.79 Å². The summed E-state index contributed by atoms with van der Waals surface area (Å²) in [5, 5.41) is 22.1. The zero-order chi connectivity index (χ0) is 29.0. The van der Waals surface area contributed by atoms with Crippen molar-refractivity contribution >= 4 is 71.2 Å². The number of pyridine rings is 1. The maximum absolute atomic E-state index is 11.5. The van der Waals surface area contributed by atoms with E-state index in [-0.39, 0.29) is 35.9 Å². The Morgan fingerprint density at radius 2 is 1.81 bits per heavy atom. The molecule has 3 aromatic carbocycles. The number of hydrogen-bond acceptors (Lipinski definition) is 4. The molecule has 1 fully saturated rings. The third-order valence-corrected chi connectivity index (χ3v) is 9.76. The van der Waals surface area contributed by atoms with E-state index >= 15 is 0 Å². The zero-order valence-electron chi connectivity index (χ0n) is 23.5. The van der Waals surface area contributed by atoms with Gasteiger partial charge >= 0.3 is 24.8 Å². The third-order valence-electron chi connectivity index (χ3n) is 7.83. The summed E-state index contributed by atoms with van der Waals surface area (Å²) in [7, 11) is 0. The van der Waals surface area contributed by atoms with Gasteiger partial charge in [-0.1, -0.05) is 78.3 Å². The number of carbonyl (C=O) groups is 1. The van der Waals surface area contributed by atoms with Crippen molar-refractivity contribution in [3.05, 3.63) is 112 Å². The van der Waals surface area contributed by atoms with E-state index in [1.165, 1.54) is 5.56 Å². The number of carboxylic acids is 1. The van der Waals surface area contributed by atoms with E-state index in [1.54, 1.807) is 0 Å². The fourth-order valence-electron chi connectivity index (χ4n) is 5.36. The van der Waals surface area contributed by atoms with Crippen LogP contribution in [0.15, 0.2) is 78.9 Å². The molecule has 1 aliphatic rings. The molecule has 0 unspecified atom stereocenters. The Morgan fingerprint density at radius 3 is 2.55 bits per heavy atom. The van der Waals surface area contributed by atoms with Crippen molar-refractivity contribution in [2.24, 2.45) is 5.41 Å². The van der Waals surface area contributed by atoms with Crippen LogP contribution in [0.25, 0.3) is 23.1 Å². The van der Waals surface area contributed by atoms with E-state index < -0.39 is 11.6 Å². The molecule has 214 valence electrons. The molecule has 1 aromatic heterocycles. The predicted octanol–water partition coefficient (Wildman–Crippen LogP) is 8.30. The molecule has 1 aliphatic carbocycles. The summed E-state index contributed by atoms with van der Waals surface area (Å²) in [6.45, 7) is 3.66. The van der Waals surface area contributed by atoms with Crippen LogP contribution in [-0.4, -0.2) is 45.8 Å². The summed E-state index contributed by atoms with van der Waals surface area (Å²) in [5.41, 5.74) is 5.15. The van der Waals surface area contributed by atoms with Crippen LogP contribution >= 0.6 is 23.4 Å². The number of carboxylic acid groups (broad SMARTS) is 1. The molecule has 1 atom stereocenters. The van der Waals surface area contributed by atoms with Crippen molar-refractivity contribution in [2.75, 3.05) is 5.75 Å². The van der Waals surface area contributed by atoms with Crippen LogP contribution < -0.4 is 0 Å². The molecule has 7 heteroatoms. The van der Waals surface area contributed by atoms with E-state index in [0.29, 0.717) is 5.02 Å². The molecule has 1 heterocycles. The number of rotatable bonds is 12. The van der Waals surface area contributed by atoms with Gasteiger partial charge in [-0.15, -0.1) is 0 Å². The number of aliphatic hydroxyl groups is 1. The predicted molar refractivity (Wildman–Crippen MR) is 178 cm³/mol. The molecule has 42 heavy (non-hydrogen) atoms. The first-order valence-corrected chi connectivity index (χ1v) is 15.5. The summed E-state index contributed by atoms with van der Waals surface area (Å²) in [5.74, 6) is 0.122. The fourth-order valence-corrected chi connectivity index (χ4v) is 7.09. The first-order valence-electron chi connectivity index (χ1n) is 14.1. The van der Waals surface area contributed by atoms with Crippen molar-refractivity contribution in [1.29, 1.82) is 0 Å². The summed E-state index contributed by atoms with van der Waals surface area (Å²) in [6, 6.07) is 26.5. The number of halogens is 1. The Kier molecular flexibility index (Phi) is 10.7. The van der Waals surface area contributed by atoms with Crippen LogP contribution in [0, 0.1) is 5.41 Å². The van der Waals surface area contributed by atoms with Gasteiger partial charge in [0.15, 0.2) is 0 Å². The summed E-state index contributed by atoms with van der Waals surface area (Å²) >= 11 is 8.04. The number of nitrogens with zero attached hydrogens (tertiary/aromatic N) is 1. The van der Waals surface area contributed by atoms with Gasteiger partial charge in [0.2, 0.25) is 0 Å². The van der Waals surface area contributed by atoms with Gasteiger partial charge in [0.05, 0.1) is 23.2 Å². The number of thioether (sulfide) groups is 1. The van der Waals surface area contributed by atoms with E-state index in [0.717, 1.165) is 64.7 Å². The van der Waals surface area contributed by atoms with Crippen molar-refractivity contribution in [1.82, 2.24) is 4.98 Å². The molecule has 0 aliphatic heterocycles. The Bertz CT molecular complexity index is 1580. The Labute approximate surface area is 269 Å². The molecule has 1 saturated carbocycles. The van der Waals surface area contributed by atoms with Crippen molar-refractivity contribution in [2.45, 2.75) is 56.8 Å². The summed E-state index contributed by atoms with van der Waals surface area (Å²) < 4.78 is 0. The molecule has 2 N–H and O–H groups in total. The monoisotopic (exact) mass is 593 g/mol. The second kappa shape index (κ2) is 13.8. The van der Waals surface area contributed by atoms with Crippen molar-refractivity contribution < 1.29 is 15.0 Å². The van der Waals surface area contributed by atoms with E-state index in [1.807, 2.05) is 74.1 Å². The maximum atomic E-state index is 11.5. The number of hydrogen-bond donors (Lipinski definition) is 2. The normalized spacial score (nSPS) is 15.0. The molecule has 5 rings (SSSR count). The number of benzene rings is 3. The van der Waals surface area contributed by atoms with Crippen LogP contribution in [0.2, 0.25) is 5.02 Å². The van der Waals surface area contributed by atoms with E-state index in [4.69, 9.17) is 16.6 Å². The average molecular weight is 594 g/mol. The van der Waals surface area contributed by atoms with E-state index in [9.17, 15) is 15.0 Å². The molecule has 0 radical (unpaired) electrons. The quantitative estimate of drug-likeness (QED) is 0.162. The molecule has 0 bridgehead atoms. The first kappa shape index (κ1) is 32.4. The number of aliphatic carboxylic acids is 1. The molecular formula is C35H37ClLiNO3S. The zero-order valence-corrected chi connectivity index (χ0v) is 25.1. The van der Waals surface area contributed by atoms with Gasteiger partial charge in [0.25, 0.3) is 0 Å². The van der Waals surface area contributed by atoms with Gasteiger partial charge in [-0.25, -0.2) is 4.98 Å². The van der Waals surface area contributed by atoms with Gasteiger partial charge in [0, 0.05) is 21.4 Å². The van der Waals surface area contributed by atoms with Gasteiger partial charge < -0.3 is 10.2 Å². The standard InChI is InChI=1S/C35H36ClNO3S.Li.H/c1-34(2,40)30-9-4-3-7-25(30)13-17-32(41-23-35(18-19-35)22-33(38)39)27-8-5-6-24(20-27)10-15-29-16-12-26-11-14-28(36)21-31(26)37-29;;/h3-12,14-16,20-21,32,40H,13,17-19,22-23H2,1-2H3,(H,38,39);;/b15-10+;;/t32-;;/m1../s1. The van der Waals surface area contributed by atoms with Crippen LogP contribution in [-0.2, 0) is 16.8 Å².